The van der Waals surface area contributed by atoms with Crippen LogP contribution in [0.15, 0.2) is 24.3 Å². The van der Waals surface area contributed by atoms with Gasteiger partial charge in [-0.25, -0.2) is 9.97 Å². The molecule has 1 N–H and O–H groups in total. The average Bonchev–Trinajstić information content (AvgIpc) is 2.84. The number of rotatable bonds is 2. The molecule has 1 aliphatic rings. The van der Waals surface area contributed by atoms with Gasteiger partial charge in [0.25, 0.3) is 0 Å². The van der Waals surface area contributed by atoms with Gasteiger partial charge in [0, 0.05) is 24.7 Å². The molecular formula is C16H21ClN4. The van der Waals surface area contributed by atoms with E-state index in [0.29, 0.717) is 11.2 Å². The molecule has 5 heteroatoms. The van der Waals surface area contributed by atoms with Gasteiger partial charge in [-0.05, 0) is 51.5 Å². The van der Waals surface area contributed by atoms with E-state index in [1.165, 1.54) is 0 Å². The first kappa shape index (κ1) is 14.5. The van der Waals surface area contributed by atoms with Crippen LogP contribution in [0.4, 0.5) is 5.82 Å². The number of hydrogen-bond donors (Lipinski definition) is 1. The Balaban J connectivity index is 1.77. The molecule has 0 aliphatic carbocycles. The van der Waals surface area contributed by atoms with Crippen LogP contribution >= 0.6 is 11.6 Å². The number of nitrogens with one attached hydrogen (secondary N) is 1. The van der Waals surface area contributed by atoms with Gasteiger partial charge >= 0.3 is 0 Å². The summed E-state index contributed by atoms with van der Waals surface area (Å²) in [6.45, 7) is 8.65. The number of halogens is 1. The Kier molecular flexibility index (Phi) is 3.76. The van der Waals surface area contributed by atoms with E-state index in [2.05, 4.69) is 36.0 Å². The van der Waals surface area contributed by atoms with E-state index in [9.17, 15) is 0 Å². The van der Waals surface area contributed by atoms with Crippen molar-refractivity contribution in [1.82, 2.24) is 15.3 Å². The Morgan fingerprint density at radius 3 is 2.62 bits per heavy atom. The van der Waals surface area contributed by atoms with Crippen LogP contribution in [-0.4, -0.2) is 34.6 Å². The molecule has 0 amide bonds. The molecule has 3 rings (SSSR count). The van der Waals surface area contributed by atoms with Crippen molar-refractivity contribution in [3.05, 3.63) is 29.4 Å². The second-order valence-corrected chi connectivity index (χ2v) is 7.05. The molecule has 0 radical (unpaired) electrons. The first-order chi connectivity index (χ1) is 9.90. The normalized spacial score (nSPS) is 19.4. The maximum Gasteiger partial charge on any atom is 0.129 e. The molecule has 0 bridgehead atoms. The van der Waals surface area contributed by atoms with Gasteiger partial charge in [-0.15, -0.1) is 0 Å². The Labute approximate surface area is 130 Å². The summed E-state index contributed by atoms with van der Waals surface area (Å²) in [5.41, 5.74) is 1.89. The summed E-state index contributed by atoms with van der Waals surface area (Å²) in [4.78, 5) is 11.3. The lowest BCUT2D eigenvalue weighted by atomic mass is 10.1. The number of nitrogens with zero attached hydrogens (tertiary/aromatic N) is 3. The van der Waals surface area contributed by atoms with E-state index in [0.717, 1.165) is 36.4 Å². The molecule has 1 saturated heterocycles. The van der Waals surface area contributed by atoms with Gasteiger partial charge in [0.05, 0.1) is 11.0 Å². The van der Waals surface area contributed by atoms with E-state index in [1.54, 1.807) is 6.07 Å². The van der Waals surface area contributed by atoms with Crippen molar-refractivity contribution in [3.63, 3.8) is 0 Å². The third-order valence-electron chi connectivity index (χ3n) is 3.64. The van der Waals surface area contributed by atoms with Gasteiger partial charge in [0.2, 0.25) is 0 Å². The van der Waals surface area contributed by atoms with Crippen LogP contribution in [0.3, 0.4) is 0 Å². The molecule has 2 aromatic heterocycles. The van der Waals surface area contributed by atoms with Gasteiger partial charge in [-0.3, -0.25) is 0 Å². The van der Waals surface area contributed by atoms with Crippen molar-refractivity contribution in [3.8, 4) is 0 Å². The molecule has 0 unspecified atom stereocenters. The molecule has 3 heterocycles. The first-order valence-corrected chi connectivity index (χ1v) is 7.74. The van der Waals surface area contributed by atoms with Crippen LogP contribution in [0.5, 0.6) is 0 Å². The van der Waals surface area contributed by atoms with E-state index in [4.69, 9.17) is 16.6 Å². The molecule has 1 aliphatic heterocycles. The number of aromatic nitrogens is 2. The summed E-state index contributed by atoms with van der Waals surface area (Å²) in [7, 11) is 0. The monoisotopic (exact) mass is 304 g/mol. The van der Waals surface area contributed by atoms with Crippen molar-refractivity contribution >= 4 is 28.5 Å². The van der Waals surface area contributed by atoms with Gasteiger partial charge in [-0.2, -0.15) is 0 Å². The Morgan fingerprint density at radius 1 is 1.14 bits per heavy atom. The lowest BCUT2D eigenvalue weighted by molar-refractivity contribution is 0.373. The predicted octanol–water partition coefficient (Wildman–Crippen LogP) is 3.25. The standard InChI is InChI=1S/C16H21ClN4/c1-16(2,3)20-11-8-9-21(10-11)15-7-5-12-13(19-15)4-6-14(17)18-12/h4-7,11,20H,8-10H2,1-3H3/t11-/m1/s1. The van der Waals surface area contributed by atoms with Crippen LogP contribution in [-0.2, 0) is 0 Å². The summed E-state index contributed by atoms with van der Waals surface area (Å²) in [5, 5.41) is 4.17. The van der Waals surface area contributed by atoms with Gasteiger partial charge in [0.15, 0.2) is 0 Å². The number of pyridine rings is 2. The van der Waals surface area contributed by atoms with E-state index in [1.807, 2.05) is 18.2 Å². The van der Waals surface area contributed by atoms with Gasteiger partial charge < -0.3 is 10.2 Å². The highest BCUT2D eigenvalue weighted by molar-refractivity contribution is 6.29. The largest absolute Gasteiger partial charge is 0.355 e. The predicted molar refractivity (Wildman–Crippen MR) is 88.1 cm³/mol. The molecule has 1 fully saturated rings. The minimum absolute atomic E-state index is 0.151. The van der Waals surface area contributed by atoms with E-state index < -0.39 is 0 Å². The Bertz CT molecular complexity index is 650. The Hall–Kier alpha value is -1.39. The third-order valence-corrected chi connectivity index (χ3v) is 3.85. The Morgan fingerprint density at radius 2 is 1.86 bits per heavy atom. The molecule has 1 atom stereocenters. The molecule has 112 valence electrons. The highest BCUT2D eigenvalue weighted by atomic mass is 35.5. The van der Waals surface area contributed by atoms with E-state index in [-0.39, 0.29) is 5.54 Å². The number of anilines is 1. The molecule has 4 nitrogen and oxygen atoms in total. The quantitative estimate of drug-likeness (QED) is 0.865. The first-order valence-electron chi connectivity index (χ1n) is 7.37. The number of fused-ring (bicyclic) bond motifs is 1. The fraction of sp³-hybridized carbons (Fsp3) is 0.500. The zero-order valence-corrected chi connectivity index (χ0v) is 13.5. The summed E-state index contributed by atoms with van der Waals surface area (Å²) < 4.78 is 0. The highest BCUT2D eigenvalue weighted by Gasteiger charge is 2.26. The van der Waals surface area contributed by atoms with E-state index >= 15 is 0 Å². The van der Waals surface area contributed by atoms with Crippen LogP contribution < -0.4 is 10.2 Å². The van der Waals surface area contributed by atoms with Crippen LogP contribution in [0.25, 0.3) is 11.0 Å². The minimum atomic E-state index is 0.151. The lowest BCUT2D eigenvalue weighted by Gasteiger charge is -2.26. The zero-order chi connectivity index (χ0) is 15.0. The van der Waals surface area contributed by atoms with Crippen molar-refractivity contribution in [2.75, 3.05) is 18.0 Å². The smallest absolute Gasteiger partial charge is 0.129 e. The van der Waals surface area contributed by atoms with Crippen molar-refractivity contribution in [2.24, 2.45) is 0 Å². The van der Waals surface area contributed by atoms with Crippen LogP contribution in [0, 0.1) is 0 Å². The number of hydrogen-bond acceptors (Lipinski definition) is 4. The van der Waals surface area contributed by atoms with Crippen molar-refractivity contribution in [2.45, 2.75) is 38.8 Å². The molecule has 21 heavy (non-hydrogen) atoms. The fourth-order valence-corrected chi connectivity index (χ4v) is 3.00. The fourth-order valence-electron chi connectivity index (χ4n) is 2.85. The molecule has 0 spiro atoms. The molecule has 0 aromatic carbocycles. The third kappa shape index (κ3) is 3.44. The maximum absolute atomic E-state index is 5.91. The van der Waals surface area contributed by atoms with Gasteiger partial charge in [0.1, 0.15) is 11.0 Å². The summed E-state index contributed by atoms with van der Waals surface area (Å²) in [6.07, 6.45) is 1.15. The van der Waals surface area contributed by atoms with Gasteiger partial charge in [-0.1, -0.05) is 11.6 Å². The highest BCUT2D eigenvalue weighted by Crippen LogP contribution is 2.22. The minimum Gasteiger partial charge on any atom is -0.355 e. The van der Waals surface area contributed by atoms with Crippen molar-refractivity contribution < 1.29 is 0 Å². The summed E-state index contributed by atoms with van der Waals surface area (Å²) in [5.74, 6) is 1.02. The second-order valence-electron chi connectivity index (χ2n) is 6.67. The zero-order valence-electron chi connectivity index (χ0n) is 12.7. The summed E-state index contributed by atoms with van der Waals surface area (Å²) in [6, 6.07) is 8.26. The summed E-state index contributed by atoms with van der Waals surface area (Å²) >= 11 is 5.91. The topological polar surface area (TPSA) is 41.0 Å². The SMILES string of the molecule is CC(C)(C)N[C@@H]1CCN(c2ccc3nc(Cl)ccc3n2)C1. The second kappa shape index (κ2) is 5.43. The van der Waals surface area contributed by atoms with Crippen molar-refractivity contribution in [1.29, 1.82) is 0 Å². The molecular weight excluding hydrogens is 284 g/mol. The molecule has 2 aromatic rings. The van der Waals surface area contributed by atoms with Crippen LogP contribution in [0.2, 0.25) is 5.15 Å². The lowest BCUT2D eigenvalue weighted by Crippen LogP contribution is -2.44. The van der Waals surface area contributed by atoms with Crippen LogP contribution in [0.1, 0.15) is 27.2 Å². The molecule has 0 saturated carbocycles. The average molecular weight is 305 g/mol. The maximum atomic E-state index is 5.91.